The van der Waals surface area contributed by atoms with Gasteiger partial charge in [-0.25, -0.2) is 4.79 Å². The Morgan fingerprint density at radius 2 is 2.18 bits per heavy atom. The first-order valence-corrected chi connectivity index (χ1v) is 5.92. The lowest BCUT2D eigenvalue weighted by Crippen LogP contribution is -2.27. The number of nitrogens with one attached hydrogen (secondary N) is 1. The fraction of sp³-hybridized carbons (Fsp3) is 0.615. The summed E-state index contributed by atoms with van der Waals surface area (Å²) in [5.74, 6) is 0.516. The van der Waals surface area contributed by atoms with Crippen molar-refractivity contribution in [2.24, 2.45) is 5.92 Å². The van der Waals surface area contributed by atoms with E-state index in [9.17, 15) is 4.79 Å². The lowest BCUT2D eigenvalue weighted by Gasteiger charge is -2.15. The minimum Gasteiger partial charge on any atom is -0.463 e. The summed E-state index contributed by atoms with van der Waals surface area (Å²) in [5.41, 5.74) is 0.840. The molecule has 1 atom stereocenters. The number of ether oxygens (including phenoxy) is 1. The van der Waals surface area contributed by atoms with Gasteiger partial charge in [-0.3, -0.25) is 0 Å². The first-order chi connectivity index (χ1) is 8.04. The highest BCUT2D eigenvalue weighted by Gasteiger charge is 2.16. The number of carbonyl (C=O) groups is 1. The Labute approximate surface area is 102 Å². The van der Waals surface area contributed by atoms with E-state index >= 15 is 0 Å². The second-order valence-corrected chi connectivity index (χ2v) is 4.68. The molecule has 0 aliphatic rings. The van der Waals surface area contributed by atoms with Crippen LogP contribution >= 0.6 is 0 Å². The van der Waals surface area contributed by atoms with E-state index in [0.29, 0.717) is 18.5 Å². The second-order valence-electron chi connectivity index (χ2n) is 4.68. The van der Waals surface area contributed by atoms with Gasteiger partial charge in [0.2, 0.25) is 5.76 Å². The van der Waals surface area contributed by atoms with Crippen LogP contribution < -0.4 is 5.32 Å². The van der Waals surface area contributed by atoms with Crippen LogP contribution in [0.15, 0.2) is 16.7 Å². The average molecular weight is 239 g/mol. The van der Waals surface area contributed by atoms with E-state index in [1.165, 1.54) is 13.4 Å². The van der Waals surface area contributed by atoms with Crippen molar-refractivity contribution >= 4 is 5.97 Å². The number of hydrogen-bond donors (Lipinski definition) is 1. The smallest absolute Gasteiger partial charge is 0.374 e. The summed E-state index contributed by atoms with van der Waals surface area (Å²) < 4.78 is 9.76. The molecule has 0 radical (unpaired) electrons. The fourth-order valence-corrected chi connectivity index (χ4v) is 1.82. The van der Waals surface area contributed by atoms with Crippen LogP contribution in [-0.2, 0) is 11.3 Å². The summed E-state index contributed by atoms with van der Waals surface area (Å²) in [6, 6.07) is 2.21. The van der Waals surface area contributed by atoms with E-state index in [1.807, 2.05) is 0 Å². The van der Waals surface area contributed by atoms with Crippen molar-refractivity contribution in [3.05, 3.63) is 23.7 Å². The molecule has 0 bridgehead atoms. The molecule has 0 aromatic carbocycles. The first-order valence-electron chi connectivity index (χ1n) is 5.92. The normalized spacial score (nSPS) is 12.8. The van der Waals surface area contributed by atoms with Gasteiger partial charge in [0.15, 0.2) is 0 Å². The predicted molar refractivity (Wildman–Crippen MR) is 65.8 cm³/mol. The standard InChI is InChI=1S/C13H21NO3/c1-9(2)7-10(3)14-8-11-5-6-17-12(11)13(15)16-4/h5-6,9-10,14H,7-8H2,1-4H3. The Morgan fingerprint density at radius 1 is 1.47 bits per heavy atom. The van der Waals surface area contributed by atoms with Gasteiger partial charge in [-0.2, -0.15) is 0 Å². The highest BCUT2D eigenvalue weighted by Crippen LogP contribution is 2.12. The highest BCUT2D eigenvalue weighted by molar-refractivity contribution is 5.87. The number of furan rings is 1. The Morgan fingerprint density at radius 3 is 2.76 bits per heavy atom. The van der Waals surface area contributed by atoms with Crippen molar-refractivity contribution in [1.29, 1.82) is 0 Å². The summed E-state index contributed by atoms with van der Waals surface area (Å²) in [6.45, 7) is 7.14. The molecule has 1 rings (SSSR count). The van der Waals surface area contributed by atoms with Gasteiger partial charge in [0, 0.05) is 18.2 Å². The van der Waals surface area contributed by atoms with Gasteiger partial charge < -0.3 is 14.5 Å². The third kappa shape index (κ3) is 4.23. The third-order valence-corrected chi connectivity index (χ3v) is 2.58. The van der Waals surface area contributed by atoms with Crippen LogP contribution in [0.5, 0.6) is 0 Å². The molecule has 1 N–H and O–H groups in total. The third-order valence-electron chi connectivity index (χ3n) is 2.58. The van der Waals surface area contributed by atoms with Crippen molar-refractivity contribution in [3.8, 4) is 0 Å². The molecule has 0 fully saturated rings. The van der Waals surface area contributed by atoms with E-state index in [-0.39, 0.29) is 5.76 Å². The Bertz CT molecular complexity index is 357. The van der Waals surface area contributed by atoms with Crippen LogP contribution in [0.1, 0.15) is 43.3 Å². The zero-order valence-corrected chi connectivity index (χ0v) is 10.9. The average Bonchev–Trinajstić information content (AvgIpc) is 2.72. The molecule has 0 aliphatic carbocycles. The van der Waals surface area contributed by atoms with Gasteiger partial charge >= 0.3 is 5.97 Å². The summed E-state index contributed by atoms with van der Waals surface area (Å²) >= 11 is 0. The highest BCUT2D eigenvalue weighted by atomic mass is 16.5. The number of carbonyl (C=O) groups excluding carboxylic acids is 1. The van der Waals surface area contributed by atoms with Crippen LogP contribution in [0.3, 0.4) is 0 Å². The maximum atomic E-state index is 11.4. The monoisotopic (exact) mass is 239 g/mol. The first kappa shape index (κ1) is 13.8. The fourth-order valence-electron chi connectivity index (χ4n) is 1.82. The maximum Gasteiger partial charge on any atom is 0.374 e. The molecule has 4 heteroatoms. The molecule has 0 saturated heterocycles. The van der Waals surface area contributed by atoms with Crippen LogP contribution in [0.25, 0.3) is 0 Å². The summed E-state index contributed by atoms with van der Waals surface area (Å²) in [4.78, 5) is 11.4. The van der Waals surface area contributed by atoms with Crippen molar-refractivity contribution in [2.45, 2.75) is 39.8 Å². The van der Waals surface area contributed by atoms with Gasteiger partial charge in [-0.05, 0) is 25.3 Å². The number of esters is 1. The maximum absolute atomic E-state index is 11.4. The molecule has 1 unspecified atom stereocenters. The lowest BCUT2D eigenvalue weighted by molar-refractivity contribution is 0.0563. The van der Waals surface area contributed by atoms with Gasteiger partial charge in [0.25, 0.3) is 0 Å². The quantitative estimate of drug-likeness (QED) is 0.775. The van der Waals surface area contributed by atoms with Crippen molar-refractivity contribution in [3.63, 3.8) is 0 Å². The molecular weight excluding hydrogens is 218 g/mol. The number of methoxy groups -OCH3 is 1. The molecule has 96 valence electrons. The Balaban J connectivity index is 2.52. The predicted octanol–water partition coefficient (Wildman–Crippen LogP) is 2.59. The van der Waals surface area contributed by atoms with Crippen LogP contribution in [0, 0.1) is 5.92 Å². The van der Waals surface area contributed by atoms with E-state index < -0.39 is 5.97 Å². The molecule has 1 heterocycles. The lowest BCUT2D eigenvalue weighted by atomic mass is 10.1. The zero-order valence-electron chi connectivity index (χ0n) is 10.9. The SMILES string of the molecule is COC(=O)c1occc1CNC(C)CC(C)C. The minimum atomic E-state index is -0.427. The van der Waals surface area contributed by atoms with Crippen molar-refractivity contribution < 1.29 is 13.9 Å². The molecule has 0 amide bonds. The Kier molecular flexibility index (Phi) is 5.22. The molecule has 1 aromatic heterocycles. The van der Waals surface area contributed by atoms with E-state index in [1.54, 1.807) is 6.07 Å². The van der Waals surface area contributed by atoms with Crippen LogP contribution in [0.4, 0.5) is 0 Å². The van der Waals surface area contributed by atoms with Crippen molar-refractivity contribution in [1.82, 2.24) is 5.32 Å². The zero-order chi connectivity index (χ0) is 12.8. The summed E-state index contributed by atoms with van der Waals surface area (Å²) in [6.07, 6.45) is 2.61. The molecule has 0 saturated carbocycles. The van der Waals surface area contributed by atoms with Gasteiger partial charge in [-0.15, -0.1) is 0 Å². The van der Waals surface area contributed by atoms with E-state index in [2.05, 4.69) is 30.8 Å². The van der Waals surface area contributed by atoms with Crippen LogP contribution in [-0.4, -0.2) is 19.1 Å². The van der Waals surface area contributed by atoms with Gasteiger partial charge in [0.1, 0.15) is 0 Å². The number of rotatable bonds is 6. The molecule has 17 heavy (non-hydrogen) atoms. The topological polar surface area (TPSA) is 51.5 Å². The number of hydrogen-bond acceptors (Lipinski definition) is 4. The Hall–Kier alpha value is -1.29. The van der Waals surface area contributed by atoms with E-state index in [0.717, 1.165) is 12.0 Å². The van der Waals surface area contributed by atoms with Crippen LogP contribution in [0.2, 0.25) is 0 Å². The molecule has 1 aromatic rings. The molecule has 0 aliphatic heterocycles. The summed E-state index contributed by atoms with van der Waals surface area (Å²) in [7, 11) is 1.35. The second kappa shape index (κ2) is 6.45. The van der Waals surface area contributed by atoms with E-state index in [4.69, 9.17) is 4.42 Å². The minimum absolute atomic E-state index is 0.289. The van der Waals surface area contributed by atoms with Crippen molar-refractivity contribution in [2.75, 3.05) is 7.11 Å². The molecule has 0 spiro atoms. The largest absolute Gasteiger partial charge is 0.463 e. The van der Waals surface area contributed by atoms with Gasteiger partial charge in [-0.1, -0.05) is 13.8 Å². The molecule has 4 nitrogen and oxygen atoms in total. The van der Waals surface area contributed by atoms with Gasteiger partial charge in [0.05, 0.1) is 13.4 Å². The summed E-state index contributed by atoms with van der Waals surface area (Å²) in [5, 5.41) is 3.37. The molecular formula is C13H21NO3.